The van der Waals surface area contributed by atoms with Crippen molar-refractivity contribution in [1.82, 2.24) is 5.43 Å². The highest BCUT2D eigenvalue weighted by Gasteiger charge is 2.09. The Balaban J connectivity index is 2.16. The Labute approximate surface area is 142 Å². The summed E-state index contributed by atoms with van der Waals surface area (Å²) in [5.41, 5.74) is 2.21. The number of carbonyl (C=O) groups excluding carboxylic acids is 1. The Morgan fingerprint density at radius 1 is 1.16 bits per heavy atom. The number of rotatable bonds is 6. The van der Waals surface area contributed by atoms with Gasteiger partial charge in [-0.25, -0.2) is 5.43 Å². The normalized spacial score (nSPS) is 10.5. The Bertz CT molecular complexity index is 812. The standard InChI is InChI=1S/C16H15N3O6/c1-24-13-6-10(7-14(8-13)25-2)16(21)18-17-9-11-5-12(19(22)23)3-4-15(11)20/h3-9,20H,1-2H3,(H,18,21)/p-1/b17-9-. The van der Waals surface area contributed by atoms with E-state index >= 15 is 0 Å². The Hall–Kier alpha value is -3.62. The molecule has 0 atom stereocenters. The molecule has 9 heteroatoms. The van der Waals surface area contributed by atoms with E-state index in [0.717, 1.165) is 24.4 Å². The van der Waals surface area contributed by atoms with Crippen LogP contribution >= 0.6 is 0 Å². The zero-order chi connectivity index (χ0) is 18.4. The minimum absolute atomic E-state index is 0.0160. The number of non-ortho nitro benzene ring substituents is 1. The van der Waals surface area contributed by atoms with Crippen LogP contribution in [-0.4, -0.2) is 31.3 Å². The van der Waals surface area contributed by atoms with Crippen molar-refractivity contribution in [2.45, 2.75) is 0 Å². The first-order chi connectivity index (χ1) is 11.9. The molecule has 0 aromatic heterocycles. The van der Waals surface area contributed by atoms with Crippen molar-refractivity contribution in [3.63, 3.8) is 0 Å². The Morgan fingerprint density at radius 3 is 2.36 bits per heavy atom. The van der Waals surface area contributed by atoms with Gasteiger partial charge in [0, 0.05) is 23.8 Å². The number of carbonyl (C=O) groups is 1. The lowest BCUT2D eigenvalue weighted by Crippen LogP contribution is -2.18. The largest absolute Gasteiger partial charge is 0.872 e. The zero-order valence-corrected chi connectivity index (χ0v) is 13.4. The fourth-order valence-electron chi connectivity index (χ4n) is 1.91. The molecule has 2 aromatic rings. The van der Waals surface area contributed by atoms with Gasteiger partial charge in [0.15, 0.2) is 0 Å². The molecular formula is C16H14N3O6-. The summed E-state index contributed by atoms with van der Waals surface area (Å²) in [6, 6.07) is 7.81. The maximum atomic E-state index is 12.1. The molecule has 0 saturated heterocycles. The molecule has 1 amide bonds. The van der Waals surface area contributed by atoms with E-state index < -0.39 is 16.6 Å². The average Bonchev–Trinajstić information content (AvgIpc) is 2.62. The third kappa shape index (κ3) is 4.44. The summed E-state index contributed by atoms with van der Waals surface area (Å²) >= 11 is 0. The van der Waals surface area contributed by atoms with Crippen LogP contribution in [0.4, 0.5) is 5.69 Å². The van der Waals surface area contributed by atoms with Crippen molar-refractivity contribution in [1.29, 1.82) is 0 Å². The first kappa shape index (κ1) is 17.7. The molecule has 0 spiro atoms. The Morgan fingerprint density at radius 2 is 1.80 bits per heavy atom. The highest BCUT2D eigenvalue weighted by Crippen LogP contribution is 2.22. The number of hydrogen-bond acceptors (Lipinski definition) is 7. The van der Waals surface area contributed by atoms with Gasteiger partial charge in [0.05, 0.1) is 25.4 Å². The van der Waals surface area contributed by atoms with E-state index in [9.17, 15) is 20.0 Å². The van der Waals surface area contributed by atoms with Crippen molar-refractivity contribution in [2.24, 2.45) is 5.10 Å². The third-order valence-electron chi connectivity index (χ3n) is 3.19. The number of methoxy groups -OCH3 is 2. The molecule has 2 aromatic carbocycles. The van der Waals surface area contributed by atoms with Gasteiger partial charge < -0.3 is 14.6 Å². The second-order valence-corrected chi connectivity index (χ2v) is 4.78. The van der Waals surface area contributed by atoms with Crippen LogP contribution in [0, 0.1) is 10.1 Å². The van der Waals surface area contributed by atoms with Gasteiger partial charge in [-0.2, -0.15) is 5.10 Å². The van der Waals surface area contributed by atoms with Crippen LogP contribution in [0.2, 0.25) is 0 Å². The fourth-order valence-corrected chi connectivity index (χ4v) is 1.91. The monoisotopic (exact) mass is 344 g/mol. The lowest BCUT2D eigenvalue weighted by Gasteiger charge is -2.09. The number of nitro groups is 1. The highest BCUT2D eigenvalue weighted by atomic mass is 16.6. The predicted molar refractivity (Wildman–Crippen MR) is 87.1 cm³/mol. The van der Waals surface area contributed by atoms with E-state index in [2.05, 4.69) is 10.5 Å². The van der Waals surface area contributed by atoms with Crippen LogP contribution in [0.25, 0.3) is 0 Å². The molecule has 2 rings (SSSR count). The van der Waals surface area contributed by atoms with Gasteiger partial charge in [0.1, 0.15) is 11.5 Å². The van der Waals surface area contributed by atoms with Crippen LogP contribution < -0.4 is 20.0 Å². The SMILES string of the molecule is COc1cc(OC)cc(C(=O)N/N=C\c2cc([N+](=O)[O-])ccc2[O-])c1. The lowest BCUT2D eigenvalue weighted by molar-refractivity contribution is -0.385. The lowest BCUT2D eigenvalue weighted by atomic mass is 10.2. The smallest absolute Gasteiger partial charge is 0.271 e. The van der Waals surface area contributed by atoms with Gasteiger partial charge in [-0.05, 0) is 17.7 Å². The molecule has 0 bridgehead atoms. The van der Waals surface area contributed by atoms with Crippen molar-refractivity contribution < 1.29 is 24.3 Å². The molecule has 0 aliphatic rings. The number of nitrogens with zero attached hydrogens (tertiary/aromatic N) is 2. The number of hydrazone groups is 1. The number of hydrogen-bond donors (Lipinski definition) is 1. The first-order valence-electron chi connectivity index (χ1n) is 6.96. The van der Waals surface area contributed by atoms with Crippen LogP contribution in [-0.2, 0) is 0 Å². The molecule has 0 aliphatic heterocycles. The maximum Gasteiger partial charge on any atom is 0.271 e. The van der Waals surface area contributed by atoms with E-state index in [-0.39, 0.29) is 16.8 Å². The van der Waals surface area contributed by atoms with E-state index in [1.54, 1.807) is 6.07 Å². The second kappa shape index (κ2) is 7.77. The van der Waals surface area contributed by atoms with E-state index in [4.69, 9.17) is 9.47 Å². The van der Waals surface area contributed by atoms with Gasteiger partial charge >= 0.3 is 0 Å². The van der Waals surface area contributed by atoms with Crippen LogP contribution in [0.1, 0.15) is 15.9 Å². The maximum absolute atomic E-state index is 12.1. The van der Waals surface area contributed by atoms with Crippen LogP contribution in [0.3, 0.4) is 0 Å². The summed E-state index contributed by atoms with van der Waals surface area (Å²) in [6.07, 6.45) is 1.05. The molecule has 25 heavy (non-hydrogen) atoms. The summed E-state index contributed by atoms with van der Waals surface area (Å²) in [6.45, 7) is 0. The first-order valence-corrected chi connectivity index (χ1v) is 6.96. The highest BCUT2D eigenvalue weighted by molar-refractivity contribution is 5.96. The van der Waals surface area contributed by atoms with Gasteiger partial charge in [-0.3, -0.25) is 14.9 Å². The summed E-state index contributed by atoms with van der Waals surface area (Å²) in [5, 5.41) is 26.0. The second-order valence-electron chi connectivity index (χ2n) is 4.78. The summed E-state index contributed by atoms with van der Waals surface area (Å²) < 4.78 is 10.1. The van der Waals surface area contributed by atoms with E-state index in [1.165, 1.54) is 26.4 Å². The quantitative estimate of drug-likeness (QED) is 0.480. The Kier molecular flexibility index (Phi) is 5.51. The van der Waals surface area contributed by atoms with Gasteiger partial charge in [0.2, 0.25) is 0 Å². The van der Waals surface area contributed by atoms with E-state index in [1.807, 2.05) is 0 Å². The van der Waals surface area contributed by atoms with Gasteiger partial charge in [-0.15, -0.1) is 0 Å². The minimum atomic E-state index is -0.627. The van der Waals surface area contributed by atoms with Crippen LogP contribution in [0.15, 0.2) is 41.5 Å². The molecular weight excluding hydrogens is 330 g/mol. The van der Waals surface area contributed by atoms with Crippen molar-refractivity contribution in [2.75, 3.05) is 14.2 Å². The zero-order valence-electron chi connectivity index (χ0n) is 13.4. The van der Waals surface area contributed by atoms with Gasteiger partial charge in [-0.1, -0.05) is 11.8 Å². The number of benzene rings is 2. The minimum Gasteiger partial charge on any atom is -0.872 e. The van der Waals surface area contributed by atoms with Crippen molar-refractivity contribution >= 4 is 17.8 Å². The summed E-state index contributed by atoms with van der Waals surface area (Å²) in [5.74, 6) is -0.166. The fraction of sp³-hybridized carbons (Fsp3) is 0.125. The van der Waals surface area contributed by atoms with E-state index in [0.29, 0.717) is 11.5 Å². The predicted octanol–water partition coefficient (Wildman–Crippen LogP) is 1.45. The summed E-state index contributed by atoms with van der Waals surface area (Å²) in [7, 11) is 2.90. The number of nitrogens with one attached hydrogen (secondary N) is 1. The van der Waals surface area contributed by atoms with Crippen LogP contribution in [0.5, 0.6) is 17.2 Å². The molecule has 9 nitrogen and oxygen atoms in total. The molecule has 0 radical (unpaired) electrons. The number of nitro benzene ring substituents is 1. The molecule has 0 heterocycles. The van der Waals surface area contributed by atoms with Crippen molar-refractivity contribution in [3.05, 3.63) is 57.6 Å². The summed E-state index contributed by atoms with van der Waals surface area (Å²) in [4.78, 5) is 22.2. The molecule has 0 fully saturated rings. The molecule has 130 valence electrons. The van der Waals surface area contributed by atoms with Gasteiger partial charge in [0.25, 0.3) is 11.6 Å². The average molecular weight is 344 g/mol. The molecule has 0 saturated carbocycles. The molecule has 0 aliphatic carbocycles. The topological polar surface area (TPSA) is 126 Å². The number of amides is 1. The molecule has 1 N–H and O–H groups in total. The number of ether oxygens (including phenoxy) is 2. The third-order valence-corrected chi connectivity index (χ3v) is 3.19. The molecule has 0 unspecified atom stereocenters. The van der Waals surface area contributed by atoms with Crippen molar-refractivity contribution in [3.8, 4) is 17.2 Å².